The van der Waals surface area contributed by atoms with Crippen LogP contribution in [0.5, 0.6) is 0 Å². The van der Waals surface area contributed by atoms with Crippen molar-refractivity contribution in [2.24, 2.45) is 0 Å². The number of nitrogens with one attached hydrogen (secondary N) is 1. The molecule has 3 N–H and O–H groups in total. The van der Waals surface area contributed by atoms with Gasteiger partial charge >= 0.3 is 0 Å². The topological polar surface area (TPSA) is 38.0 Å². The van der Waals surface area contributed by atoms with Crippen LogP contribution < -0.4 is 11.1 Å². The smallest absolute Gasteiger partial charge is 0.165 e. The van der Waals surface area contributed by atoms with E-state index in [0.29, 0.717) is 11.4 Å². The molecular weight excluding hydrogens is 227 g/mol. The number of hydrogen-bond acceptors (Lipinski definition) is 2. The van der Waals surface area contributed by atoms with Crippen LogP contribution in [-0.2, 0) is 0 Å². The van der Waals surface area contributed by atoms with E-state index in [1.807, 2.05) is 0 Å². The lowest BCUT2D eigenvalue weighted by molar-refractivity contribution is 0.632. The molecule has 0 radical (unpaired) electrons. The van der Waals surface area contributed by atoms with Gasteiger partial charge < -0.3 is 11.1 Å². The molecule has 0 aromatic heterocycles. The van der Waals surface area contributed by atoms with Crippen LogP contribution in [0.15, 0.2) is 42.5 Å². The summed E-state index contributed by atoms with van der Waals surface area (Å²) in [5, 5.41) is 3.02. The normalized spacial score (nSPS) is 10.1. The average Bonchev–Trinajstić information content (AvgIpc) is 2.28. The Hall–Kier alpha value is -1.74. The van der Waals surface area contributed by atoms with Crippen molar-refractivity contribution >= 4 is 28.7 Å². The van der Waals surface area contributed by atoms with Crippen molar-refractivity contribution in [3.8, 4) is 0 Å². The quantitative estimate of drug-likeness (QED) is 0.779. The lowest BCUT2D eigenvalue weighted by Gasteiger charge is -2.08. The minimum atomic E-state index is -0.457. The molecule has 0 amide bonds. The van der Waals surface area contributed by atoms with E-state index >= 15 is 0 Å². The highest BCUT2D eigenvalue weighted by molar-refractivity contribution is 6.31. The Morgan fingerprint density at radius 3 is 2.44 bits per heavy atom. The van der Waals surface area contributed by atoms with Gasteiger partial charge in [0.25, 0.3) is 0 Å². The molecule has 82 valence electrons. The van der Waals surface area contributed by atoms with Gasteiger partial charge in [-0.05, 0) is 36.4 Å². The molecule has 0 aliphatic carbocycles. The lowest BCUT2D eigenvalue weighted by atomic mass is 10.2. The molecule has 0 aliphatic heterocycles. The first-order valence-corrected chi connectivity index (χ1v) is 5.11. The van der Waals surface area contributed by atoms with Crippen molar-refractivity contribution in [2.45, 2.75) is 0 Å². The van der Waals surface area contributed by atoms with E-state index < -0.39 is 5.82 Å². The second kappa shape index (κ2) is 4.41. The zero-order chi connectivity index (χ0) is 11.5. The molecule has 0 unspecified atom stereocenters. The summed E-state index contributed by atoms with van der Waals surface area (Å²) in [7, 11) is 0. The fraction of sp³-hybridized carbons (Fsp3) is 0. The minimum absolute atomic E-state index is 0.0976. The molecule has 16 heavy (non-hydrogen) atoms. The minimum Gasteiger partial charge on any atom is -0.399 e. The standard InChI is InChI=1S/C12H10ClFN2/c13-10-2-1-3-11(12(10)14)16-9-6-4-8(15)5-7-9/h1-7,16H,15H2. The average molecular weight is 237 g/mol. The second-order valence-electron chi connectivity index (χ2n) is 3.35. The van der Waals surface area contributed by atoms with E-state index in [9.17, 15) is 4.39 Å². The molecule has 0 heterocycles. The molecule has 0 saturated carbocycles. The van der Waals surface area contributed by atoms with Crippen molar-refractivity contribution in [1.82, 2.24) is 0 Å². The third-order valence-electron chi connectivity index (χ3n) is 2.14. The van der Waals surface area contributed by atoms with Crippen LogP contribution in [0.25, 0.3) is 0 Å². The Bertz CT molecular complexity index is 497. The predicted octanol–water partition coefficient (Wildman–Crippen LogP) is 3.80. The summed E-state index contributed by atoms with van der Waals surface area (Å²) in [4.78, 5) is 0. The molecule has 0 saturated heterocycles. The number of hydrogen-bond donors (Lipinski definition) is 2. The van der Waals surface area contributed by atoms with Crippen LogP contribution in [0.4, 0.5) is 21.5 Å². The molecule has 2 rings (SSSR count). The summed E-state index contributed by atoms with van der Waals surface area (Å²) in [5.74, 6) is -0.457. The van der Waals surface area contributed by atoms with E-state index in [1.165, 1.54) is 6.07 Å². The van der Waals surface area contributed by atoms with Gasteiger partial charge in [0.2, 0.25) is 0 Å². The van der Waals surface area contributed by atoms with Gasteiger partial charge in [-0.2, -0.15) is 0 Å². The number of halogens is 2. The monoisotopic (exact) mass is 236 g/mol. The number of benzene rings is 2. The van der Waals surface area contributed by atoms with Crippen LogP contribution in [0, 0.1) is 5.82 Å². The van der Waals surface area contributed by atoms with Gasteiger partial charge in [0.05, 0.1) is 10.7 Å². The van der Waals surface area contributed by atoms with Gasteiger partial charge in [0, 0.05) is 11.4 Å². The summed E-state index contributed by atoms with van der Waals surface area (Å²) in [6.45, 7) is 0. The second-order valence-corrected chi connectivity index (χ2v) is 3.76. The molecule has 0 bridgehead atoms. The summed E-state index contributed by atoms with van der Waals surface area (Å²) in [6.07, 6.45) is 0. The van der Waals surface area contributed by atoms with Crippen molar-refractivity contribution in [3.05, 3.63) is 53.3 Å². The molecule has 2 aromatic rings. The van der Waals surface area contributed by atoms with Crippen LogP contribution in [0.3, 0.4) is 0 Å². The molecule has 0 atom stereocenters. The highest BCUT2D eigenvalue weighted by Gasteiger charge is 2.05. The first kappa shape index (κ1) is 10.8. The van der Waals surface area contributed by atoms with Gasteiger partial charge in [0.15, 0.2) is 5.82 Å². The molecule has 4 heteroatoms. The maximum absolute atomic E-state index is 13.5. The molecular formula is C12H10ClFN2. The third-order valence-corrected chi connectivity index (χ3v) is 2.43. The SMILES string of the molecule is Nc1ccc(Nc2cccc(Cl)c2F)cc1. The molecule has 0 spiro atoms. The van der Waals surface area contributed by atoms with E-state index in [0.717, 1.165) is 5.69 Å². The first-order chi connectivity index (χ1) is 7.66. The van der Waals surface area contributed by atoms with Gasteiger partial charge in [-0.25, -0.2) is 4.39 Å². The fourth-order valence-corrected chi connectivity index (χ4v) is 1.50. The Morgan fingerprint density at radius 1 is 1.06 bits per heavy atom. The Kier molecular flexibility index (Phi) is 2.97. The van der Waals surface area contributed by atoms with E-state index in [1.54, 1.807) is 36.4 Å². The summed E-state index contributed by atoms with van der Waals surface area (Å²) >= 11 is 5.67. The summed E-state index contributed by atoms with van der Waals surface area (Å²) < 4.78 is 13.5. The molecule has 2 aromatic carbocycles. The highest BCUT2D eigenvalue weighted by atomic mass is 35.5. The van der Waals surface area contributed by atoms with E-state index in [2.05, 4.69) is 5.32 Å². The number of nitrogens with two attached hydrogens (primary N) is 1. The Morgan fingerprint density at radius 2 is 1.75 bits per heavy atom. The number of nitrogen functional groups attached to an aromatic ring is 1. The molecule has 2 nitrogen and oxygen atoms in total. The highest BCUT2D eigenvalue weighted by Crippen LogP contribution is 2.25. The van der Waals surface area contributed by atoms with Crippen LogP contribution >= 0.6 is 11.6 Å². The van der Waals surface area contributed by atoms with Crippen LogP contribution in [-0.4, -0.2) is 0 Å². The van der Waals surface area contributed by atoms with Gasteiger partial charge in [-0.3, -0.25) is 0 Å². The maximum Gasteiger partial charge on any atom is 0.165 e. The Balaban J connectivity index is 2.27. The Labute approximate surface area is 97.8 Å². The zero-order valence-corrected chi connectivity index (χ0v) is 9.13. The molecule has 0 fully saturated rings. The van der Waals surface area contributed by atoms with Crippen molar-refractivity contribution in [3.63, 3.8) is 0 Å². The number of anilines is 3. The summed E-state index contributed by atoms with van der Waals surface area (Å²) in [5.41, 5.74) is 7.32. The zero-order valence-electron chi connectivity index (χ0n) is 8.37. The van der Waals surface area contributed by atoms with Gasteiger partial charge in [-0.15, -0.1) is 0 Å². The largest absolute Gasteiger partial charge is 0.399 e. The first-order valence-electron chi connectivity index (χ1n) is 4.73. The van der Waals surface area contributed by atoms with E-state index in [4.69, 9.17) is 17.3 Å². The van der Waals surface area contributed by atoms with Gasteiger partial charge in [0.1, 0.15) is 0 Å². The van der Waals surface area contributed by atoms with Crippen LogP contribution in [0.1, 0.15) is 0 Å². The van der Waals surface area contributed by atoms with Gasteiger partial charge in [-0.1, -0.05) is 17.7 Å². The van der Waals surface area contributed by atoms with Crippen molar-refractivity contribution in [1.29, 1.82) is 0 Å². The van der Waals surface area contributed by atoms with E-state index in [-0.39, 0.29) is 5.02 Å². The summed E-state index contributed by atoms with van der Waals surface area (Å²) in [6, 6.07) is 11.8. The number of rotatable bonds is 2. The maximum atomic E-state index is 13.5. The van der Waals surface area contributed by atoms with Crippen LogP contribution in [0.2, 0.25) is 5.02 Å². The fourth-order valence-electron chi connectivity index (χ4n) is 1.32. The predicted molar refractivity (Wildman–Crippen MR) is 65.5 cm³/mol. The third kappa shape index (κ3) is 2.25. The lowest BCUT2D eigenvalue weighted by Crippen LogP contribution is -1.94. The molecule has 0 aliphatic rings. The van der Waals surface area contributed by atoms with Crippen molar-refractivity contribution in [2.75, 3.05) is 11.1 Å². The van der Waals surface area contributed by atoms with Crippen molar-refractivity contribution < 1.29 is 4.39 Å².